The van der Waals surface area contributed by atoms with Crippen LogP contribution in [0.15, 0.2) is 23.2 Å². The van der Waals surface area contributed by atoms with Crippen LogP contribution in [-0.4, -0.2) is 17.4 Å². The number of fused-ring (bicyclic) bond motifs is 1. The van der Waals surface area contributed by atoms with Crippen LogP contribution in [0.2, 0.25) is 0 Å². The molecular formula is C14H17BrN3S-. The zero-order valence-electron chi connectivity index (χ0n) is 10.9. The second-order valence-corrected chi connectivity index (χ2v) is 5.91. The summed E-state index contributed by atoms with van der Waals surface area (Å²) in [4.78, 5) is 9.07. The summed E-state index contributed by atoms with van der Waals surface area (Å²) in [6, 6.07) is 6.35. The molecule has 5 heteroatoms. The average molecular weight is 339 g/mol. The van der Waals surface area contributed by atoms with Gasteiger partial charge in [0.25, 0.3) is 0 Å². The van der Waals surface area contributed by atoms with Crippen LogP contribution in [0.25, 0.3) is 10.2 Å². The van der Waals surface area contributed by atoms with E-state index in [1.165, 1.54) is 24.0 Å². The van der Waals surface area contributed by atoms with Crippen LogP contribution in [0.3, 0.4) is 0 Å². The number of anilines is 1. The third kappa shape index (κ3) is 3.54. The molecule has 19 heavy (non-hydrogen) atoms. The Morgan fingerprint density at radius 2 is 2.11 bits per heavy atom. The normalized spacial score (nSPS) is 15.5. The van der Waals surface area contributed by atoms with E-state index in [4.69, 9.17) is 0 Å². The van der Waals surface area contributed by atoms with Gasteiger partial charge in [-0.15, -0.1) is 11.3 Å². The Balaban J connectivity index is 0.00000133. The number of amidine groups is 1. The fourth-order valence-corrected chi connectivity index (χ4v) is 3.13. The monoisotopic (exact) mass is 338 g/mol. The molecule has 0 atom stereocenters. The lowest BCUT2D eigenvalue weighted by atomic mass is 10.2. The number of nitrogens with one attached hydrogen (secondary N) is 1. The summed E-state index contributed by atoms with van der Waals surface area (Å²) in [7, 11) is 0. The fourth-order valence-electron chi connectivity index (χ4n) is 2.26. The summed E-state index contributed by atoms with van der Waals surface area (Å²) in [5.74, 6) is 1.13. The molecule has 2 aromatic rings. The van der Waals surface area contributed by atoms with Gasteiger partial charge >= 0.3 is 0 Å². The maximum absolute atomic E-state index is 4.60. The first-order chi connectivity index (χ1) is 8.81. The predicted octanol–water partition coefficient (Wildman–Crippen LogP) is 0.993. The maximum atomic E-state index is 4.60. The first-order valence-corrected chi connectivity index (χ1v) is 7.30. The van der Waals surface area contributed by atoms with Gasteiger partial charge in [-0.1, -0.05) is 6.42 Å². The minimum Gasteiger partial charge on any atom is -1.00 e. The van der Waals surface area contributed by atoms with Crippen molar-refractivity contribution in [1.29, 1.82) is 0 Å². The third-order valence-corrected chi connectivity index (χ3v) is 4.09. The van der Waals surface area contributed by atoms with E-state index in [-0.39, 0.29) is 17.0 Å². The molecule has 0 saturated carbocycles. The van der Waals surface area contributed by atoms with Crippen molar-refractivity contribution in [3.05, 3.63) is 23.2 Å². The van der Waals surface area contributed by atoms with Crippen molar-refractivity contribution in [3.8, 4) is 0 Å². The van der Waals surface area contributed by atoms with Crippen molar-refractivity contribution in [3.63, 3.8) is 0 Å². The molecule has 1 aromatic carbocycles. The number of aromatic nitrogens is 1. The Morgan fingerprint density at radius 3 is 3.00 bits per heavy atom. The van der Waals surface area contributed by atoms with Crippen LogP contribution in [0.4, 0.5) is 5.69 Å². The highest BCUT2D eigenvalue weighted by molar-refractivity contribution is 7.18. The highest BCUT2D eigenvalue weighted by Crippen LogP contribution is 2.25. The Morgan fingerprint density at radius 1 is 1.21 bits per heavy atom. The van der Waals surface area contributed by atoms with Crippen molar-refractivity contribution in [2.75, 3.05) is 11.9 Å². The molecule has 0 aliphatic carbocycles. The zero-order valence-corrected chi connectivity index (χ0v) is 13.4. The molecule has 0 amide bonds. The largest absolute Gasteiger partial charge is 1.00 e. The van der Waals surface area contributed by atoms with E-state index in [1.54, 1.807) is 11.3 Å². The molecule has 0 bridgehead atoms. The molecule has 1 N–H and O–H groups in total. The summed E-state index contributed by atoms with van der Waals surface area (Å²) < 4.78 is 1.24. The lowest BCUT2D eigenvalue weighted by Crippen LogP contribution is -3.00. The van der Waals surface area contributed by atoms with Crippen LogP contribution in [0.5, 0.6) is 0 Å². The summed E-state index contributed by atoms with van der Waals surface area (Å²) in [6.07, 6.45) is 4.83. The van der Waals surface area contributed by atoms with Gasteiger partial charge in [0.1, 0.15) is 5.84 Å². The van der Waals surface area contributed by atoms with Crippen molar-refractivity contribution in [1.82, 2.24) is 4.98 Å². The molecule has 0 radical (unpaired) electrons. The highest BCUT2D eigenvalue weighted by Gasteiger charge is 2.06. The average Bonchev–Trinajstić information content (AvgIpc) is 2.56. The lowest BCUT2D eigenvalue weighted by molar-refractivity contribution is -0.00000375. The third-order valence-electron chi connectivity index (χ3n) is 3.16. The minimum absolute atomic E-state index is 0. The van der Waals surface area contributed by atoms with E-state index < -0.39 is 0 Å². The second kappa shape index (κ2) is 6.48. The molecule has 2 heterocycles. The highest BCUT2D eigenvalue weighted by atomic mass is 79.9. The minimum atomic E-state index is 0. The van der Waals surface area contributed by atoms with Crippen molar-refractivity contribution >= 4 is 33.1 Å². The zero-order chi connectivity index (χ0) is 12.4. The van der Waals surface area contributed by atoms with Gasteiger partial charge in [-0.05, 0) is 38.0 Å². The molecule has 1 aliphatic rings. The van der Waals surface area contributed by atoms with Gasteiger partial charge in [0, 0.05) is 18.7 Å². The van der Waals surface area contributed by atoms with Crippen molar-refractivity contribution in [2.45, 2.75) is 32.6 Å². The van der Waals surface area contributed by atoms with Gasteiger partial charge in [0.05, 0.1) is 15.2 Å². The van der Waals surface area contributed by atoms with Crippen molar-refractivity contribution in [2.24, 2.45) is 4.99 Å². The van der Waals surface area contributed by atoms with Gasteiger partial charge in [-0.25, -0.2) is 4.98 Å². The van der Waals surface area contributed by atoms with E-state index in [0.29, 0.717) is 0 Å². The molecule has 3 nitrogen and oxygen atoms in total. The topological polar surface area (TPSA) is 37.3 Å². The smallest absolute Gasteiger partial charge is 0.101 e. The van der Waals surface area contributed by atoms with Crippen LogP contribution in [0, 0.1) is 6.92 Å². The molecule has 102 valence electrons. The van der Waals surface area contributed by atoms with Gasteiger partial charge < -0.3 is 22.3 Å². The number of hydrogen-bond donors (Lipinski definition) is 1. The number of rotatable bonds is 1. The molecule has 0 spiro atoms. The summed E-state index contributed by atoms with van der Waals surface area (Å²) in [5, 5.41) is 4.57. The number of hydrogen-bond acceptors (Lipinski definition) is 4. The number of benzene rings is 1. The summed E-state index contributed by atoms with van der Waals surface area (Å²) in [5.41, 5.74) is 2.22. The van der Waals surface area contributed by atoms with E-state index in [2.05, 4.69) is 33.5 Å². The Hall–Kier alpha value is -0.940. The molecule has 1 aliphatic heterocycles. The number of halogens is 1. The van der Waals surface area contributed by atoms with Gasteiger partial charge in [0.2, 0.25) is 0 Å². The Labute approximate surface area is 127 Å². The van der Waals surface area contributed by atoms with Gasteiger partial charge in [0.15, 0.2) is 0 Å². The molecule has 3 rings (SSSR count). The fraction of sp³-hybridized carbons (Fsp3) is 0.429. The number of thiazole rings is 1. The van der Waals surface area contributed by atoms with E-state index >= 15 is 0 Å². The van der Waals surface area contributed by atoms with Crippen LogP contribution in [-0.2, 0) is 0 Å². The molecule has 0 unspecified atom stereocenters. The predicted molar refractivity (Wildman–Crippen MR) is 78.7 cm³/mol. The number of aliphatic imine (C=N–C) groups is 1. The summed E-state index contributed by atoms with van der Waals surface area (Å²) >= 11 is 1.74. The van der Waals surface area contributed by atoms with E-state index in [0.717, 1.165) is 35.0 Å². The van der Waals surface area contributed by atoms with Gasteiger partial charge in [-0.2, -0.15) is 0 Å². The number of aryl methyl sites for hydroxylation is 1. The quantitative estimate of drug-likeness (QED) is 0.842. The van der Waals surface area contributed by atoms with Crippen molar-refractivity contribution < 1.29 is 17.0 Å². The molecule has 0 fully saturated rings. The van der Waals surface area contributed by atoms with Gasteiger partial charge in [-0.3, -0.25) is 4.99 Å². The summed E-state index contributed by atoms with van der Waals surface area (Å²) in [6.45, 7) is 3.01. The Bertz CT molecular complexity index is 591. The standard InChI is InChI=1S/C14H17N3S.BrH/c1-10-16-12-7-6-11(9-13(12)18-10)17-14-5-3-2-4-8-15-14;/h6-7,9H,2-5,8H2,1H3,(H,15,17);1H/p-1. The first kappa shape index (κ1) is 14.5. The van der Waals surface area contributed by atoms with Crippen LogP contribution in [0.1, 0.15) is 30.7 Å². The van der Waals surface area contributed by atoms with Crippen LogP contribution < -0.4 is 22.3 Å². The lowest BCUT2D eigenvalue weighted by Gasteiger charge is -2.07. The SMILES string of the molecule is Cc1nc2ccc(NC3=NCCCCC3)cc2s1.[Br-]. The first-order valence-electron chi connectivity index (χ1n) is 6.49. The number of nitrogens with zero attached hydrogens (tertiary/aromatic N) is 2. The van der Waals surface area contributed by atoms with E-state index in [1.807, 2.05) is 6.92 Å². The maximum Gasteiger partial charge on any atom is 0.101 e. The molecule has 1 aromatic heterocycles. The second-order valence-electron chi connectivity index (χ2n) is 4.68. The Kier molecular flexibility index (Phi) is 4.93. The molecular weight excluding hydrogens is 322 g/mol. The molecule has 0 saturated heterocycles. The van der Waals surface area contributed by atoms with E-state index in [9.17, 15) is 0 Å². The van der Waals surface area contributed by atoms with Crippen LogP contribution >= 0.6 is 11.3 Å².